The van der Waals surface area contributed by atoms with Crippen molar-refractivity contribution in [1.82, 2.24) is 34.5 Å². The summed E-state index contributed by atoms with van der Waals surface area (Å²) < 4.78 is 31.5. The van der Waals surface area contributed by atoms with Crippen LogP contribution in [0.15, 0.2) is 98.2 Å². The van der Waals surface area contributed by atoms with Gasteiger partial charge in [-0.3, -0.25) is 9.97 Å². The number of anilines is 4. The Morgan fingerprint density at radius 1 is 0.740 bits per heavy atom. The van der Waals surface area contributed by atoms with Crippen molar-refractivity contribution in [3.8, 4) is 33.9 Å². The van der Waals surface area contributed by atoms with Crippen LogP contribution in [0, 0.1) is 11.6 Å². The molecule has 1 aliphatic carbocycles. The third-order valence-electron chi connectivity index (χ3n) is 8.13. The van der Waals surface area contributed by atoms with E-state index in [2.05, 4.69) is 27.2 Å². The molecular formula is C37H23Cl2F2N9. The van der Waals surface area contributed by atoms with E-state index < -0.39 is 11.6 Å². The predicted octanol–water partition coefficient (Wildman–Crippen LogP) is 9.66. The third-order valence-corrected chi connectivity index (χ3v) is 8.69. The Labute approximate surface area is 294 Å². The van der Waals surface area contributed by atoms with Crippen LogP contribution < -0.4 is 10.6 Å². The number of aryl methyl sites for hydroxylation is 1. The molecule has 244 valence electrons. The van der Waals surface area contributed by atoms with Crippen molar-refractivity contribution in [3.05, 3.63) is 131 Å². The maximum absolute atomic E-state index is 15.8. The molecule has 0 atom stereocenters. The normalized spacial score (nSPS) is 12.1. The Morgan fingerprint density at radius 3 is 2.32 bits per heavy atom. The lowest BCUT2D eigenvalue weighted by atomic mass is 10.0. The zero-order valence-corrected chi connectivity index (χ0v) is 27.6. The first-order valence-electron chi connectivity index (χ1n) is 15.2. The summed E-state index contributed by atoms with van der Waals surface area (Å²) in [6.45, 7) is 4.10. The molecule has 0 aliphatic heterocycles. The van der Waals surface area contributed by atoms with Crippen LogP contribution in [-0.2, 0) is 7.05 Å². The quantitative estimate of drug-likeness (QED) is 0.169. The summed E-state index contributed by atoms with van der Waals surface area (Å²) in [5.41, 5.74) is 5.65. The SMILES string of the molecule is C=C1C=Cc2c(Nc3ccc(F)c(Cl)c3)nc(-c3cncc(-c4cc(Nc5nc(-c6cccnc6)nc6c5ccn6C)cc(Cl)c4F)c3)nc21. The van der Waals surface area contributed by atoms with Crippen molar-refractivity contribution in [2.75, 3.05) is 10.6 Å². The van der Waals surface area contributed by atoms with Crippen molar-refractivity contribution in [1.29, 1.82) is 0 Å². The number of aromatic nitrogens is 7. The number of pyridine rings is 2. The Morgan fingerprint density at radius 2 is 1.50 bits per heavy atom. The van der Waals surface area contributed by atoms with Crippen molar-refractivity contribution in [3.63, 3.8) is 0 Å². The topological polar surface area (TPSA) is 106 Å². The lowest BCUT2D eigenvalue weighted by Gasteiger charge is -2.14. The molecule has 0 radical (unpaired) electrons. The molecule has 2 N–H and O–H groups in total. The van der Waals surface area contributed by atoms with Crippen LogP contribution in [0.2, 0.25) is 10.0 Å². The first-order valence-corrected chi connectivity index (χ1v) is 15.9. The maximum Gasteiger partial charge on any atom is 0.165 e. The molecule has 1 aliphatic rings. The fraction of sp³-hybridized carbons (Fsp3) is 0.0270. The van der Waals surface area contributed by atoms with Crippen molar-refractivity contribution in [2.24, 2.45) is 7.05 Å². The van der Waals surface area contributed by atoms with E-state index in [-0.39, 0.29) is 15.6 Å². The van der Waals surface area contributed by atoms with Gasteiger partial charge in [0.05, 0.1) is 21.1 Å². The zero-order chi connectivity index (χ0) is 34.5. The fourth-order valence-electron chi connectivity index (χ4n) is 5.64. The maximum atomic E-state index is 15.8. The van der Waals surface area contributed by atoms with Crippen LogP contribution in [0.4, 0.5) is 31.8 Å². The second kappa shape index (κ2) is 12.4. The minimum atomic E-state index is -0.622. The van der Waals surface area contributed by atoms with Gasteiger partial charge in [-0.15, -0.1) is 0 Å². The van der Waals surface area contributed by atoms with E-state index >= 15 is 4.39 Å². The molecule has 0 fully saturated rings. The number of rotatable bonds is 7. The van der Waals surface area contributed by atoms with Crippen LogP contribution >= 0.6 is 23.2 Å². The molecule has 0 spiro atoms. The molecule has 13 heteroatoms. The summed E-state index contributed by atoms with van der Waals surface area (Å²) in [6.07, 6.45) is 12.1. The van der Waals surface area contributed by atoms with Crippen LogP contribution in [0.1, 0.15) is 11.3 Å². The van der Waals surface area contributed by atoms with Crippen LogP contribution in [0.3, 0.4) is 0 Å². The van der Waals surface area contributed by atoms with Gasteiger partial charge in [-0.25, -0.2) is 28.7 Å². The molecule has 0 unspecified atom stereocenters. The molecule has 8 rings (SSSR count). The smallest absolute Gasteiger partial charge is 0.165 e. The molecular weight excluding hydrogens is 679 g/mol. The standard InChI is InChI=1S/C37H23Cl2F2N9/c1-19-5-7-25-32(19)46-34(48-35(25)44-23-6-8-30(40)28(38)14-23)22-12-21(17-43-18-22)27-13-24(15-29(39)31(27)41)45-36-26-9-11-50(2)37(26)49-33(47-36)20-4-3-10-42-16-20/h3-18H,1H2,2H3,(H,44,46,48)(H,45,47,49). The highest BCUT2D eigenvalue weighted by Crippen LogP contribution is 2.38. The third kappa shape index (κ3) is 5.72. The number of fused-ring (bicyclic) bond motifs is 2. The highest BCUT2D eigenvalue weighted by Gasteiger charge is 2.21. The number of hydrogen-bond acceptors (Lipinski definition) is 8. The summed E-state index contributed by atoms with van der Waals surface area (Å²) in [5, 5.41) is 7.18. The predicted molar refractivity (Wildman–Crippen MR) is 193 cm³/mol. The van der Waals surface area contributed by atoms with E-state index in [4.69, 9.17) is 43.1 Å². The van der Waals surface area contributed by atoms with E-state index in [1.54, 1.807) is 36.8 Å². The van der Waals surface area contributed by atoms with Gasteiger partial charge in [0, 0.05) is 77.2 Å². The largest absolute Gasteiger partial charge is 0.340 e. The molecule has 5 heterocycles. The van der Waals surface area contributed by atoms with Crippen LogP contribution in [0.25, 0.3) is 56.6 Å². The van der Waals surface area contributed by atoms with Gasteiger partial charge in [0.2, 0.25) is 0 Å². The van der Waals surface area contributed by atoms with Crippen LogP contribution in [0.5, 0.6) is 0 Å². The molecule has 7 aromatic rings. The summed E-state index contributed by atoms with van der Waals surface area (Å²) in [6, 6.07) is 14.8. The molecule has 2 aromatic carbocycles. The number of nitrogens with zero attached hydrogens (tertiary/aromatic N) is 7. The van der Waals surface area contributed by atoms with Gasteiger partial charge in [-0.2, -0.15) is 0 Å². The van der Waals surface area contributed by atoms with E-state index in [1.807, 2.05) is 48.2 Å². The first kappa shape index (κ1) is 31.2. The lowest BCUT2D eigenvalue weighted by Crippen LogP contribution is -2.03. The molecule has 5 aromatic heterocycles. The Balaban J connectivity index is 1.18. The summed E-state index contributed by atoms with van der Waals surface area (Å²) in [4.78, 5) is 27.6. The molecule has 9 nitrogen and oxygen atoms in total. The van der Waals surface area contributed by atoms with Crippen molar-refractivity contribution < 1.29 is 8.78 Å². The molecule has 0 saturated heterocycles. The average molecular weight is 703 g/mol. The summed E-state index contributed by atoms with van der Waals surface area (Å²) >= 11 is 12.5. The highest BCUT2D eigenvalue weighted by molar-refractivity contribution is 6.31. The number of hydrogen-bond donors (Lipinski definition) is 2. The van der Waals surface area contributed by atoms with Crippen molar-refractivity contribution >= 4 is 68.9 Å². The van der Waals surface area contributed by atoms with Crippen molar-refractivity contribution in [2.45, 2.75) is 0 Å². The zero-order valence-electron chi connectivity index (χ0n) is 26.1. The Bertz CT molecular complexity index is 2530. The Hall–Kier alpha value is -6.04. The minimum Gasteiger partial charge on any atom is -0.340 e. The number of nitrogens with one attached hydrogen (secondary N) is 2. The Kier molecular flexibility index (Phi) is 7.78. The molecule has 50 heavy (non-hydrogen) atoms. The fourth-order valence-corrected chi connectivity index (χ4v) is 6.04. The summed E-state index contributed by atoms with van der Waals surface area (Å²) in [7, 11) is 1.90. The van der Waals surface area contributed by atoms with E-state index in [9.17, 15) is 4.39 Å². The number of benzene rings is 2. The van der Waals surface area contributed by atoms with Gasteiger partial charge in [-0.1, -0.05) is 35.9 Å². The van der Waals surface area contributed by atoms with Crippen LogP contribution in [-0.4, -0.2) is 34.5 Å². The van der Waals surface area contributed by atoms with E-state index in [1.165, 1.54) is 24.4 Å². The van der Waals surface area contributed by atoms with Gasteiger partial charge in [0.1, 0.15) is 28.9 Å². The van der Waals surface area contributed by atoms with E-state index in [0.717, 1.165) is 10.9 Å². The average Bonchev–Trinajstić information content (AvgIpc) is 3.70. The second-order valence-corrected chi connectivity index (χ2v) is 12.3. The first-order chi connectivity index (χ1) is 24.2. The van der Waals surface area contributed by atoms with Gasteiger partial charge in [0.25, 0.3) is 0 Å². The van der Waals surface area contributed by atoms with Gasteiger partial charge >= 0.3 is 0 Å². The highest BCUT2D eigenvalue weighted by atomic mass is 35.5. The number of halogens is 4. The van der Waals surface area contributed by atoms with Gasteiger partial charge in [-0.05, 0) is 66.2 Å². The summed E-state index contributed by atoms with van der Waals surface area (Å²) in [5.74, 6) is 0.601. The molecule has 0 amide bonds. The van der Waals surface area contributed by atoms with E-state index in [0.29, 0.717) is 68.3 Å². The second-order valence-electron chi connectivity index (χ2n) is 11.5. The lowest BCUT2D eigenvalue weighted by molar-refractivity contribution is 0.628. The van der Waals surface area contributed by atoms with Gasteiger partial charge in [0.15, 0.2) is 11.6 Å². The number of allylic oxidation sites excluding steroid dienone is 2. The minimum absolute atomic E-state index is 0.0305. The molecule has 0 saturated carbocycles. The molecule has 0 bridgehead atoms. The van der Waals surface area contributed by atoms with Gasteiger partial charge < -0.3 is 15.2 Å². The monoisotopic (exact) mass is 701 g/mol.